The Morgan fingerprint density at radius 2 is 2.12 bits per heavy atom. The maximum Gasteiger partial charge on any atom is 0.325 e. The van der Waals surface area contributed by atoms with Crippen LogP contribution in [0.3, 0.4) is 0 Å². The molecular weight excluding hydrogens is 326 g/mol. The molecule has 0 unspecified atom stereocenters. The van der Waals surface area contributed by atoms with Crippen LogP contribution in [0.2, 0.25) is 0 Å². The number of hydrogen-bond acceptors (Lipinski definition) is 6. The van der Waals surface area contributed by atoms with Gasteiger partial charge in [0.2, 0.25) is 5.91 Å². The molecule has 0 aliphatic carbocycles. The Hall–Kier alpha value is -2.52. The number of carbonyl (C=O) groups is 3. The van der Waals surface area contributed by atoms with Crippen LogP contribution in [0.1, 0.15) is 5.69 Å². The van der Waals surface area contributed by atoms with Crippen molar-refractivity contribution in [2.75, 3.05) is 39.3 Å². The number of aromatic nitrogens is 1. The van der Waals surface area contributed by atoms with Gasteiger partial charge in [-0.2, -0.15) is 0 Å². The summed E-state index contributed by atoms with van der Waals surface area (Å²) in [4.78, 5) is 44.3. The van der Waals surface area contributed by atoms with Crippen molar-refractivity contribution in [1.82, 2.24) is 25.0 Å². The maximum atomic E-state index is 12.4. The number of imide groups is 1. The largest absolute Gasteiger partial charge is 0.390 e. The van der Waals surface area contributed by atoms with Crippen molar-refractivity contribution >= 4 is 17.8 Å². The van der Waals surface area contributed by atoms with E-state index in [0.717, 1.165) is 10.6 Å². The molecule has 9 heteroatoms. The van der Waals surface area contributed by atoms with Crippen LogP contribution in [0.5, 0.6) is 0 Å². The second-order valence-corrected chi connectivity index (χ2v) is 6.19. The average Bonchev–Trinajstić information content (AvgIpc) is 2.80. The van der Waals surface area contributed by atoms with E-state index in [0.29, 0.717) is 26.2 Å². The van der Waals surface area contributed by atoms with Crippen molar-refractivity contribution in [3.63, 3.8) is 0 Å². The molecule has 3 rings (SSSR count). The fourth-order valence-corrected chi connectivity index (χ4v) is 3.00. The predicted octanol–water partition coefficient (Wildman–Crippen LogP) is -1.36. The van der Waals surface area contributed by atoms with Crippen LogP contribution in [0.25, 0.3) is 0 Å². The Kier molecular flexibility index (Phi) is 5.25. The molecule has 1 atom stereocenters. The molecule has 1 aromatic heterocycles. The van der Waals surface area contributed by atoms with Crippen molar-refractivity contribution < 1.29 is 19.5 Å². The van der Waals surface area contributed by atoms with E-state index in [1.165, 1.54) is 4.90 Å². The lowest BCUT2D eigenvalue weighted by atomic mass is 10.3. The smallest absolute Gasteiger partial charge is 0.325 e. The molecule has 0 bridgehead atoms. The molecule has 4 amide bonds. The zero-order chi connectivity index (χ0) is 17.8. The number of amides is 4. The number of urea groups is 1. The van der Waals surface area contributed by atoms with Gasteiger partial charge >= 0.3 is 6.03 Å². The van der Waals surface area contributed by atoms with E-state index in [1.54, 1.807) is 6.20 Å². The first kappa shape index (κ1) is 17.3. The average molecular weight is 347 g/mol. The summed E-state index contributed by atoms with van der Waals surface area (Å²) in [5.41, 5.74) is 0.897. The summed E-state index contributed by atoms with van der Waals surface area (Å²) in [7, 11) is 0. The number of aliphatic hydroxyl groups is 1. The highest BCUT2D eigenvalue weighted by atomic mass is 16.3. The highest BCUT2D eigenvalue weighted by molar-refractivity contribution is 6.04. The van der Waals surface area contributed by atoms with Crippen molar-refractivity contribution in [2.45, 2.75) is 12.6 Å². The molecule has 0 aromatic carbocycles. The van der Waals surface area contributed by atoms with Crippen LogP contribution in [0.4, 0.5) is 4.79 Å². The Bertz CT molecular complexity index is 637. The fraction of sp³-hybridized carbons (Fsp3) is 0.500. The SMILES string of the molecule is O=C(CN1C(=O)CNC1=O)N1CCN(Cc2ccccn2)C[C@@H](O)C1. The molecule has 1 aromatic rings. The first-order valence-corrected chi connectivity index (χ1v) is 8.19. The second kappa shape index (κ2) is 7.58. The van der Waals surface area contributed by atoms with Crippen LogP contribution < -0.4 is 5.32 Å². The first-order chi connectivity index (χ1) is 12.0. The van der Waals surface area contributed by atoms with Crippen LogP contribution in [0, 0.1) is 0 Å². The number of carbonyl (C=O) groups excluding carboxylic acids is 3. The number of β-amino-alcohol motifs (C(OH)–C–C–N with tert-alkyl or cyclic N) is 1. The van der Waals surface area contributed by atoms with Gasteiger partial charge in [0.15, 0.2) is 0 Å². The highest BCUT2D eigenvalue weighted by Crippen LogP contribution is 2.09. The second-order valence-electron chi connectivity index (χ2n) is 6.19. The van der Waals surface area contributed by atoms with Gasteiger partial charge in [0.25, 0.3) is 5.91 Å². The summed E-state index contributed by atoms with van der Waals surface area (Å²) in [6, 6.07) is 5.12. The van der Waals surface area contributed by atoms with E-state index in [2.05, 4.69) is 10.3 Å². The van der Waals surface area contributed by atoms with E-state index in [4.69, 9.17) is 0 Å². The van der Waals surface area contributed by atoms with Gasteiger partial charge < -0.3 is 15.3 Å². The van der Waals surface area contributed by atoms with E-state index >= 15 is 0 Å². The molecular formula is C16H21N5O4. The molecule has 2 saturated heterocycles. The number of nitrogens with one attached hydrogen (secondary N) is 1. The minimum Gasteiger partial charge on any atom is -0.390 e. The molecule has 0 radical (unpaired) electrons. The van der Waals surface area contributed by atoms with Crippen LogP contribution >= 0.6 is 0 Å². The van der Waals surface area contributed by atoms with E-state index in [1.807, 2.05) is 23.1 Å². The van der Waals surface area contributed by atoms with Crippen molar-refractivity contribution in [3.8, 4) is 0 Å². The number of rotatable bonds is 4. The van der Waals surface area contributed by atoms with Gasteiger partial charge in [-0.3, -0.25) is 24.4 Å². The minimum atomic E-state index is -0.696. The third-order valence-corrected chi connectivity index (χ3v) is 4.28. The topological polar surface area (TPSA) is 106 Å². The van der Waals surface area contributed by atoms with Crippen LogP contribution in [-0.4, -0.2) is 88.0 Å². The Morgan fingerprint density at radius 3 is 2.80 bits per heavy atom. The van der Waals surface area contributed by atoms with Crippen LogP contribution in [-0.2, 0) is 16.1 Å². The molecule has 0 spiro atoms. The molecule has 3 heterocycles. The summed E-state index contributed by atoms with van der Waals surface area (Å²) < 4.78 is 0. The maximum absolute atomic E-state index is 12.4. The Balaban J connectivity index is 1.58. The highest BCUT2D eigenvalue weighted by Gasteiger charge is 2.33. The summed E-state index contributed by atoms with van der Waals surface area (Å²) >= 11 is 0. The van der Waals surface area contributed by atoms with Gasteiger partial charge in [0, 0.05) is 38.9 Å². The number of nitrogens with zero attached hydrogens (tertiary/aromatic N) is 4. The third kappa shape index (κ3) is 4.31. The summed E-state index contributed by atoms with van der Waals surface area (Å²) in [5.74, 6) is -0.755. The zero-order valence-electron chi connectivity index (χ0n) is 13.8. The molecule has 9 nitrogen and oxygen atoms in total. The van der Waals surface area contributed by atoms with Gasteiger partial charge in [-0.15, -0.1) is 0 Å². The van der Waals surface area contributed by atoms with Crippen LogP contribution in [0.15, 0.2) is 24.4 Å². The van der Waals surface area contributed by atoms with Gasteiger partial charge in [0.05, 0.1) is 18.3 Å². The molecule has 134 valence electrons. The van der Waals surface area contributed by atoms with Gasteiger partial charge in [-0.25, -0.2) is 4.79 Å². The summed E-state index contributed by atoms with van der Waals surface area (Å²) in [6.45, 7) is 1.84. The number of pyridine rings is 1. The van der Waals surface area contributed by atoms with E-state index in [-0.39, 0.29) is 25.5 Å². The minimum absolute atomic E-state index is 0.0768. The molecule has 0 saturated carbocycles. The van der Waals surface area contributed by atoms with Gasteiger partial charge in [0.1, 0.15) is 6.54 Å². The summed E-state index contributed by atoms with van der Waals surface area (Å²) in [6.07, 6.45) is 1.02. The monoisotopic (exact) mass is 347 g/mol. The molecule has 2 aliphatic heterocycles. The van der Waals surface area contributed by atoms with Gasteiger partial charge in [-0.1, -0.05) is 6.07 Å². The molecule has 2 fully saturated rings. The van der Waals surface area contributed by atoms with E-state index in [9.17, 15) is 19.5 Å². The standard InChI is InChI=1S/C16H21N5O4/c22-13-9-19(8-12-3-1-2-4-17-12)5-6-20(10-13)15(24)11-21-14(23)7-18-16(21)25/h1-4,13,22H,5-11H2,(H,18,25)/t13-/m1/s1. The fourth-order valence-electron chi connectivity index (χ4n) is 3.00. The predicted molar refractivity (Wildman–Crippen MR) is 87.2 cm³/mol. The first-order valence-electron chi connectivity index (χ1n) is 8.19. The molecule has 25 heavy (non-hydrogen) atoms. The summed E-state index contributed by atoms with van der Waals surface area (Å²) in [5, 5.41) is 12.6. The zero-order valence-corrected chi connectivity index (χ0v) is 13.8. The van der Waals surface area contributed by atoms with Crippen molar-refractivity contribution in [1.29, 1.82) is 0 Å². The van der Waals surface area contributed by atoms with E-state index < -0.39 is 18.0 Å². The normalized spacial score (nSPS) is 22.0. The quantitative estimate of drug-likeness (QED) is 0.652. The Morgan fingerprint density at radius 1 is 1.28 bits per heavy atom. The van der Waals surface area contributed by atoms with Gasteiger partial charge in [-0.05, 0) is 12.1 Å². The lowest BCUT2D eigenvalue weighted by molar-refractivity contribution is -0.137. The lowest BCUT2D eigenvalue weighted by Crippen LogP contribution is -2.45. The number of aliphatic hydroxyl groups excluding tert-OH is 1. The van der Waals surface area contributed by atoms with Crippen molar-refractivity contribution in [3.05, 3.63) is 30.1 Å². The lowest BCUT2D eigenvalue weighted by Gasteiger charge is -2.23. The third-order valence-electron chi connectivity index (χ3n) is 4.28. The molecule has 2 N–H and O–H groups in total. The molecule has 2 aliphatic rings. The number of hydrogen-bond donors (Lipinski definition) is 2. The Labute approximate surface area is 145 Å². The van der Waals surface area contributed by atoms with Crippen molar-refractivity contribution in [2.24, 2.45) is 0 Å².